The maximum Gasteiger partial charge on any atom is 0.271 e. The summed E-state index contributed by atoms with van der Waals surface area (Å²) in [5.74, 6) is -0.412. The largest absolute Gasteiger partial charge is 0.394 e. The number of rotatable bonds is 7. The average Bonchev–Trinajstić information content (AvgIpc) is 3.41. The molecule has 11 heteroatoms. The Hall–Kier alpha value is -4.09. The number of carbonyl (C=O) groups excluding carboxylic acids is 1. The molecule has 2 heterocycles. The number of fused-ring (bicyclic) bond motifs is 1. The Morgan fingerprint density at radius 2 is 2.06 bits per heavy atom. The SMILES string of the molecule is Cc1ccc2ccn(C(=O)c3ccc(Nc4s[nH]c(=O)c4C(N)=NC(C)CO)cc3N=O)c2c1. The second kappa shape index (κ2) is 9.41. The van der Waals surface area contributed by atoms with Crippen LogP contribution in [0.5, 0.6) is 0 Å². The molecule has 5 N–H and O–H groups in total. The molecule has 2 aromatic carbocycles. The van der Waals surface area contributed by atoms with Crippen LogP contribution < -0.4 is 16.6 Å². The van der Waals surface area contributed by atoms with E-state index < -0.39 is 11.6 Å². The first kappa shape index (κ1) is 23.1. The van der Waals surface area contributed by atoms with Gasteiger partial charge in [-0.15, -0.1) is 4.91 Å². The summed E-state index contributed by atoms with van der Waals surface area (Å²) in [6, 6.07) is 11.7. The number of nitrogens with one attached hydrogen (secondary N) is 2. The van der Waals surface area contributed by atoms with E-state index in [0.29, 0.717) is 10.7 Å². The quantitative estimate of drug-likeness (QED) is 0.181. The van der Waals surface area contributed by atoms with Crippen LogP contribution in [0.1, 0.15) is 28.4 Å². The van der Waals surface area contributed by atoms with Gasteiger partial charge < -0.3 is 16.2 Å². The molecular weight excluding hydrogens is 456 g/mol. The second-order valence-electron chi connectivity index (χ2n) is 7.78. The number of nitroso groups, excluding NO2 is 1. The Kier molecular flexibility index (Phi) is 6.39. The van der Waals surface area contributed by atoms with E-state index in [1.807, 2.05) is 31.2 Å². The van der Waals surface area contributed by atoms with Crippen molar-refractivity contribution in [3.8, 4) is 0 Å². The Bertz CT molecular complexity index is 1480. The zero-order chi connectivity index (χ0) is 24.4. The highest BCUT2D eigenvalue weighted by Crippen LogP contribution is 2.30. The number of amidine groups is 1. The van der Waals surface area contributed by atoms with Crippen molar-refractivity contribution in [2.24, 2.45) is 15.9 Å². The zero-order valence-corrected chi connectivity index (χ0v) is 19.2. The molecular formula is C23H22N6O4S. The smallest absolute Gasteiger partial charge is 0.271 e. The third kappa shape index (κ3) is 4.38. The fourth-order valence-corrected chi connectivity index (χ4v) is 4.27. The standard InChI is InChI=1S/C23H22N6O4S/c1-12-3-4-14-7-8-29(18(14)9-12)23(32)16-6-5-15(10-17(16)27-33)26-22-19(21(31)28-34-22)20(24)25-13(2)11-30/h3-10,13,26,30H,11H2,1-2H3,(H2,24,25)(H,28,31). The molecule has 0 aliphatic rings. The maximum atomic E-state index is 13.2. The maximum absolute atomic E-state index is 13.2. The lowest BCUT2D eigenvalue weighted by molar-refractivity contribution is 0.0965. The first-order valence-electron chi connectivity index (χ1n) is 10.3. The number of benzene rings is 2. The van der Waals surface area contributed by atoms with E-state index in [-0.39, 0.29) is 35.2 Å². The van der Waals surface area contributed by atoms with Crippen molar-refractivity contribution in [1.29, 1.82) is 0 Å². The number of aliphatic hydroxyl groups excluding tert-OH is 1. The molecule has 2 aromatic heterocycles. The Balaban J connectivity index is 1.67. The van der Waals surface area contributed by atoms with E-state index in [1.165, 1.54) is 16.7 Å². The lowest BCUT2D eigenvalue weighted by Gasteiger charge is -2.10. The normalized spacial score (nSPS) is 12.6. The molecule has 4 rings (SSSR count). The molecule has 0 aliphatic carbocycles. The molecule has 0 radical (unpaired) electrons. The van der Waals surface area contributed by atoms with Gasteiger partial charge in [-0.2, -0.15) is 0 Å². The van der Waals surface area contributed by atoms with Gasteiger partial charge in [0.25, 0.3) is 11.5 Å². The van der Waals surface area contributed by atoms with Crippen LogP contribution in [0.15, 0.2) is 63.6 Å². The molecule has 0 bridgehead atoms. The van der Waals surface area contributed by atoms with Crippen LogP contribution >= 0.6 is 11.5 Å². The molecule has 1 unspecified atom stereocenters. The van der Waals surface area contributed by atoms with Crippen molar-refractivity contribution >= 4 is 50.6 Å². The van der Waals surface area contributed by atoms with Gasteiger partial charge in [-0.25, -0.2) is 0 Å². The number of hydrogen-bond donors (Lipinski definition) is 4. The van der Waals surface area contributed by atoms with Crippen LogP contribution in [-0.4, -0.2) is 38.4 Å². The number of anilines is 2. The van der Waals surface area contributed by atoms with E-state index in [9.17, 15) is 19.6 Å². The summed E-state index contributed by atoms with van der Waals surface area (Å²) >= 11 is 1.01. The number of nitrogens with two attached hydrogens (primary N) is 1. The van der Waals surface area contributed by atoms with Crippen LogP contribution in [0, 0.1) is 11.8 Å². The van der Waals surface area contributed by atoms with Gasteiger partial charge >= 0.3 is 0 Å². The monoisotopic (exact) mass is 478 g/mol. The Labute approximate surface area is 197 Å². The summed E-state index contributed by atoms with van der Waals surface area (Å²) < 4.78 is 4.07. The molecule has 0 spiro atoms. The van der Waals surface area contributed by atoms with Gasteiger partial charge in [0, 0.05) is 17.3 Å². The summed E-state index contributed by atoms with van der Waals surface area (Å²) in [5, 5.41) is 16.5. The molecule has 174 valence electrons. The highest BCUT2D eigenvalue weighted by molar-refractivity contribution is 7.10. The minimum atomic E-state index is -0.475. The van der Waals surface area contributed by atoms with Crippen molar-refractivity contribution in [3.63, 3.8) is 0 Å². The van der Waals surface area contributed by atoms with Gasteiger partial charge in [-0.3, -0.25) is 23.5 Å². The first-order chi connectivity index (χ1) is 16.3. The van der Waals surface area contributed by atoms with Gasteiger partial charge in [0.15, 0.2) is 0 Å². The van der Waals surface area contributed by atoms with E-state index >= 15 is 0 Å². The van der Waals surface area contributed by atoms with Crippen molar-refractivity contribution in [1.82, 2.24) is 8.94 Å². The third-order valence-electron chi connectivity index (χ3n) is 5.23. The predicted molar refractivity (Wildman–Crippen MR) is 134 cm³/mol. The van der Waals surface area contributed by atoms with E-state index in [0.717, 1.165) is 28.0 Å². The molecule has 0 amide bonds. The number of hydrogen-bond acceptors (Lipinski definition) is 8. The lowest BCUT2D eigenvalue weighted by atomic mass is 10.1. The van der Waals surface area contributed by atoms with Gasteiger partial charge in [0.1, 0.15) is 22.1 Å². The van der Waals surface area contributed by atoms with E-state index in [1.54, 1.807) is 19.2 Å². The van der Waals surface area contributed by atoms with Crippen LogP contribution in [0.25, 0.3) is 10.9 Å². The fraction of sp³-hybridized carbons (Fsp3) is 0.174. The number of aryl methyl sites for hydroxylation is 1. The number of aliphatic imine (C=N–C) groups is 1. The van der Waals surface area contributed by atoms with E-state index in [4.69, 9.17) is 5.73 Å². The van der Waals surface area contributed by atoms with Crippen molar-refractivity contribution < 1.29 is 9.90 Å². The number of aliphatic hydroxyl groups is 1. The Morgan fingerprint density at radius 3 is 2.79 bits per heavy atom. The second-order valence-corrected chi connectivity index (χ2v) is 8.60. The van der Waals surface area contributed by atoms with Gasteiger partial charge in [-0.05, 0) is 66.5 Å². The highest BCUT2D eigenvalue weighted by Gasteiger charge is 2.19. The lowest BCUT2D eigenvalue weighted by Crippen LogP contribution is -2.24. The van der Waals surface area contributed by atoms with Crippen molar-refractivity contribution in [3.05, 3.63) is 80.6 Å². The predicted octanol–water partition coefficient (Wildman–Crippen LogP) is 3.62. The highest BCUT2D eigenvalue weighted by atomic mass is 32.1. The molecule has 0 saturated heterocycles. The van der Waals surface area contributed by atoms with Crippen LogP contribution in [0.4, 0.5) is 16.4 Å². The van der Waals surface area contributed by atoms with Crippen molar-refractivity contribution in [2.45, 2.75) is 19.9 Å². The summed E-state index contributed by atoms with van der Waals surface area (Å²) in [7, 11) is 0. The summed E-state index contributed by atoms with van der Waals surface area (Å²) in [6.07, 6.45) is 1.66. The number of aromatic amines is 1. The van der Waals surface area contributed by atoms with Gasteiger partial charge in [0.05, 0.1) is 23.7 Å². The molecule has 10 nitrogen and oxygen atoms in total. The third-order valence-corrected chi connectivity index (χ3v) is 6.03. The van der Waals surface area contributed by atoms with Crippen molar-refractivity contribution in [2.75, 3.05) is 11.9 Å². The minimum Gasteiger partial charge on any atom is -0.394 e. The summed E-state index contributed by atoms with van der Waals surface area (Å²) in [5.41, 5.74) is 7.92. The molecule has 0 saturated carbocycles. The summed E-state index contributed by atoms with van der Waals surface area (Å²) in [6.45, 7) is 3.38. The van der Waals surface area contributed by atoms with Crippen LogP contribution in [-0.2, 0) is 0 Å². The zero-order valence-electron chi connectivity index (χ0n) is 18.4. The van der Waals surface area contributed by atoms with E-state index in [2.05, 4.69) is 19.9 Å². The number of carbonyl (C=O) groups is 1. The molecule has 0 fully saturated rings. The average molecular weight is 479 g/mol. The molecule has 4 aromatic rings. The van der Waals surface area contributed by atoms with Gasteiger partial charge in [0.2, 0.25) is 0 Å². The van der Waals surface area contributed by atoms with Gasteiger partial charge in [-0.1, -0.05) is 12.1 Å². The topological polar surface area (TPSA) is 155 Å². The molecule has 1 atom stereocenters. The fourth-order valence-electron chi connectivity index (χ4n) is 3.51. The van der Waals surface area contributed by atoms with Crippen LogP contribution in [0.3, 0.4) is 0 Å². The summed E-state index contributed by atoms with van der Waals surface area (Å²) in [4.78, 5) is 41.2. The Morgan fingerprint density at radius 1 is 1.26 bits per heavy atom. The van der Waals surface area contributed by atoms with Crippen LogP contribution in [0.2, 0.25) is 0 Å². The molecule has 34 heavy (non-hydrogen) atoms. The minimum absolute atomic E-state index is 0.0261. The first-order valence-corrected chi connectivity index (χ1v) is 11.2. The number of nitrogens with zero attached hydrogens (tertiary/aromatic N) is 3. The number of H-pyrrole nitrogens is 1. The molecule has 0 aliphatic heterocycles. The number of aromatic nitrogens is 2.